The number of benzene rings is 1. The summed E-state index contributed by atoms with van der Waals surface area (Å²) in [6, 6.07) is 6.47. The van der Waals surface area contributed by atoms with E-state index in [9.17, 15) is 0 Å². The standard InChI is InChI=1S/C16H23BrN2O/c1-11-7-14(17)9-13(8-12(2)19)15(11)20-6-5-16(3,4)10-18/h7,9,12H,5-6,8,19H2,1-4H3. The van der Waals surface area contributed by atoms with Crippen LogP contribution >= 0.6 is 15.9 Å². The molecule has 0 radical (unpaired) electrons. The van der Waals surface area contributed by atoms with Crippen molar-refractivity contribution in [2.24, 2.45) is 11.1 Å². The Hall–Kier alpha value is -1.05. The summed E-state index contributed by atoms with van der Waals surface area (Å²) in [5, 5.41) is 9.03. The fourth-order valence-electron chi connectivity index (χ4n) is 1.97. The average Bonchev–Trinajstić information content (AvgIpc) is 2.31. The third kappa shape index (κ3) is 5.15. The van der Waals surface area contributed by atoms with E-state index in [0.717, 1.165) is 27.8 Å². The highest BCUT2D eigenvalue weighted by atomic mass is 79.9. The summed E-state index contributed by atoms with van der Waals surface area (Å²) in [6.07, 6.45) is 1.48. The molecule has 1 unspecified atom stereocenters. The minimum Gasteiger partial charge on any atom is -0.493 e. The maximum absolute atomic E-state index is 9.03. The minimum atomic E-state index is -0.357. The van der Waals surface area contributed by atoms with E-state index in [1.54, 1.807) is 0 Å². The van der Waals surface area contributed by atoms with Crippen LogP contribution in [0.1, 0.15) is 38.3 Å². The smallest absolute Gasteiger partial charge is 0.125 e. The van der Waals surface area contributed by atoms with Crippen LogP contribution in [-0.2, 0) is 6.42 Å². The highest BCUT2D eigenvalue weighted by molar-refractivity contribution is 9.10. The van der Waals surface area contributed by atoms with E-state index in [1.165, 1.54) is 0 Å². The highest BCUT2D eigenvalue weighted by Gasteiger charge is 2.17. The first kappa shape index (κ1) is 17.0. The van der Waals surface area contributed by atoms with Crippen LogP contribution in [0.5, 0.6) is 5.75 Å². The van der Waals surface area contributed by atoms with Gasteiger partial charge >= 0.3 is 0 Å². The third-order valence-corrected chi connectivity index (χ3v) is 3.59. The van der Waals surface area contributed by atoms with Crippen LogP contribution in [-0.4, -0.2) is 12.6 Å². The lowest BCUT2D eigenvalue weighted by molar-refractivity contribution is 0.260. The number of rotatable bonds is 6. The van der Waals surface area contributed by atoms with Gasteiger partial charge in [0.15, 0.2) is 0 Å². The van der Waals surface area contributed by atoms with Crippen molar-refractivity contribution < 1.29 is 4.74 Å². The van der Waals surface area contributed by atoms with Gasteiger partial charge in [-0.1, -0.05) is 15.9 Å². The van der Waals surface area contributed by atoms with Crippen LogP contribution in [0.4, 0.5) is 0 Å². The molecule has 0 aliphatic rings. The maximum Gasteiger partial charge on any atom is 0.125 e. The summed E-state index contributed by atoms with van der Waals surface area (Å²) in [4.78, 5) is 0. The van der Waals surface area contributed by atoms with Gasteiger partial charge in [-0.15, -0.1) is 0 Å². The van der Waals surface area contributed by atoms with Crippen molar-refractivity contribution in [2.45, 2.75) is 46.6 Å². The number of nitrogens with zero attached hydrogens (tertiary/aromatic N) is 1. The lowest BCUT2D eigenvalue weighted by Crippen LogP contribution is -2.19. The number of hydrogen-bond donors (Lipinski definition) is 1. The molecule has 110 valence electrons. The Morgan fingerprint density at radius 2 is 2.10 bits per heavy atom. The van der Waals surface area contributed by atoms with Crippen molar-refractivity contribution in [3.05, 3.63) is 27.7 Å². The molecule has 0 saturated carbocycles. The zero-order valence-electron chi connectivity index (χ0n) is 12.7. The molecule has 0 heterocycles. The van der Waals surface area contributed by atoms with Crippen LogP contribution in [0, 0.1) is 23.7 Å². The summed E-state index contributed by atoms with van der Waals surface area (Å²) < 4.78 is 6.97. The first-order valence-electron chi connectivity index (χ1n) is 6.84. The molecule has 20 heavy (non-hydrogen) atoms. The van der Waals surface area contributed by atoms with Crippen molar-refractivity contribution in [3.8, 4) is 11.8 Å². The molecule has 4 heteroatoms. The molecule has 0 amide bonds. The van der Waals surface area contributed by atoms with Gasteiger partial charge in [-0.25, -0.2) is 0 Å². The van der Waals surface area contributed by atoms with E-state index in [4.69, 9.17) is 15.7 Å². The van der Waals surface area contributed by atoms with E-state index >= 15 is 0 Å². The number of nitrogens with two attached hydrogens (primary N) is 1. The number of halogens is 1. The maximum atomic E-state index is 9.03. The number of nitriles is 1. The predicted octanol–water partition coefficient (Wildman–Crippen LogP) is 3.97. The largest absolute Gasteiger partial charge is 0.493 e. The summed E-state index contributed by atoms with van der Waals surface area (Å²) >= 11 is 3.51. The van der Waals surface area contributed by atoms with Crippen LogP contribution in [0.25, 0.3) is 0 Å². The molecule has 0 aliphatic carbocycles. The molecule has 3 nitrogen and oxygen atoms in total. The molecule has 0 bridgehead atoms. The number of hydrogen-bond acceptors (Lipinski definition) is 3. The van der Waals surface area contributed by atoms with Gasteiger partial charge in [0.25, 0.3) is 0 Å². The fourth-order valence-corrected chi connectivity index (χ4v) is 2.59. The Balaban J connectivity index is 2.86. The van der Waals surface area contributed by atoms with Crippen molar-refractivity contribution in [1.29, 1.82) is 5.26 Å². The van der Waals surface area contributed by atoms with Crippen molar-refractivity contribution in [2.75, 3.05) is 6.61 Å². The first-order valence-corrected chi connectivity index (χ1v) is 7.63. The van der Waals surface area contributed by atoms with Crippen LogP contribution in [0.3, 0.4) is 0 Å². The van der Waals surface area contributed by atoms with E-state index in [2.05, 4.69) is 28.1 Å². The van der Waals surface area contributed by atoms with Gasteiger partial charge in [-0.05, 0) is 63.8 Å². The molecule has 1 aromatic rings. The number of ether oxygens (including phenoxy) is 1. The lowest BCUT2D eigenvalue weighted by atomic mass is 9.92. The highest BCUT2D eigenvalue weighted by Crippen LogP contribution is 2.30. The second kappa shape index (κ2) is 7.10. The van der Waals surface area contributed by atoms with Crippen LogP contribution in [0.2, 0.25) is 0 Å². The van der Waals surface area contributed by atoms with Gasteiger partial charge in [-0.2, -0.15) is 5.26 Å². The zero-order valence-corrected chi connectivity index (χ0v) is 14.3. The van der Waals surface area contributed by atoms with E-state index in [-0.39, 0.29) is 11.5 Å². The van der Waals surface area contributed by atoms with Gasteiger partial charge < -0.3 is 10.5 Å². The van der Waals surface area contributed by atoms with E-state index < -0.39 is 0 Å². The summed E-state index contributed by atoms with van der Waals surface area (Å²) in [5.41, 5.74) is 7.74. The molecule has 0 aliphatic heterocycles. The van der Waals surface area contributed by atoms with Gasteiger partial charge in [0.1, 0.15) is 5.75 Å². The summed E-state index contributed by atoms with van der Waals surface area (Å²) in [7, 11) is 0. The van der Waals surface area contributed by atoms with Gasteiger partial charge in [-0.3, -0.25) is 0 Å². The summed E-state index contributed by atoms with van der Waals surface area (Å²) in [6.45, 7) is 8.40. The Kier molecular flexibility index (Phi) is 6.04. The molecule has 0 fully saturated rings. The Bertz CT molecular complexity index is 504. The van der Waals surface area contributed by atoms with E-state index in [1.807, 2.05) is 33.8 Å². The van der Waals surface area contributed by atoms with Crippen molar-refractivity contribution in [3.63, 3.8) is 0 Å². The van der Waals surface area contributed by atoms with Gasteiger partial charge in [0, 0.05) is 10.5 Å². The van der Waals surface area contributed by atoms with Crippen LogP contribution < -0.4 is 10.5 Å². The SMILES string of the molecule is Cc1cc(Br)cc(CC(C)N)c1OCCC(C)(C)C#N. The normalized spacial score (nSPS) is 12.8. The monoisotopic (exact) mass is 338 g/mol. The minimum absolute atomic E-state index is 0.0848. The lowest BCUT2D eigenvalue weighted by Gasteiger charge is -2.19. The molecule has 1 aromatic carbocycles. The van der Waals surface area contributed by atoms with Crippen molar-refractivity contribution in [1.82, 2.24) is 0 Å². The molecule has 0 spiro atoms. The van der Waals surface area contributed by atoms with Crippen molar-refractivity contribution >= 4 is 15.9 Å². The predicted molar refractivity (Wildman–Crippen MR) is 85.7 cm³/mol. The van der Waals surface area contributed by atoms with Gasteiger partial charge in [0.05, 0.1) is 18.1 Å². The van der Waals surface area contributed by atoms with Gasteiger partial charge in [0.2, 0.25) is 0 Å². The quantitative estimate of drug-likeness (QED) is 0.853. The fraction of sp³-hybridized carbons (Fsp3) is 0.562. The summed E-state index contributed by atoms with van der Waals surface area (Å²) in [5.74, 6) is 0.902. The Labute approximate surface area is 130 Å². The molecular weight excluding hydrogens is 316 g/mol. The molecule has 1 rings (SSSR count). The third-order valence-electron chi connectivity index (χ3n) is 3.13. The molecular formula is C16H23BrN2O. The molecule has 2 N–H and O–H groups in total. The molecule has 0 saturated heterocycles. The average molecular weight is 339 g/mol. The zero-order chi connectivity index (χ0) is 15.3. The second-order valence-corrected chi connectivity index (χ2v) is 6.90. The van der Waals surface area contributed by atoms with E-state index in [0.29, 0.717) is 13.0 Å². The molecule has 0 aromatic heterocycles. The Morgan fingerprint density at radius 1 is 1.45 bits per heavy atom. The second-order valence-electron chi connectivity index (χ2n) is 5.99. The number of aryl methyl sites for hydroxylation is 1. The topological polar surface area (TPSA) is 59.0 Å². The molecule has 1 atom stereocenters. The first-order chi connectivity index (χ1) is 9.25. The Morgan fingerprint density at radius 3 is 2.65 bits per heavy atom. The van der Waals surface area contributed by atoms with Crippen LogP contribution in [0.15, 0.2) is 16.6 Å².